The van der Waals surface area contributed by atoms with Gasteiger partial charge in [-0.1, -0.05) is 0 Å². The van der Waals surface area contributed by atoms with Crippen molar-refractivity contribution in [1.82, 2.24) is 15.5 Å². The van der Waals surface area contributed by atoms with Crippen LogP contribution in [0.4, 0.5) is 13.6 Å². The third-order valence-corrected chi connectivity index (χ3v) is 11.3. The number of halogens is 2. The standard InChI is InChI=1S/C49H67F2N3O17S/c1-8-67-42(58)12-10-35(55)39-25-33-38(72-39)26-37(62-7)47(44(33)50)69-16-9-15-68-46-36(61-6)24-32-28-54(29-34(32)45(46)51)41(57)11-13-43(59)70-31(2)27-53-40(56)30-66-23-22-65-21-20-64-19-18-63-17-14-52-48(60)71-49(3,4)5/h24-26,31H,8-23,27-30H2,1-7H3,(H,52,60)(H,53,56)/t31-/m0/s1. The van der Waals surface area contributed by atoms with Gasteiger partial charge in [0.25, 0.3) is 0 Å². The summed E-state index contributed by atoms with van der Waals surface area (Å²) in [4.78, 5) is 75.6. The summed E-state index contributed by atoms with van der Waals surface area (Å²) in [6.07, 6.45) is -1.60. The SMILES string of the molecule is CCOC(=O)CCC(=O)c1cc2c(F)c(OCCCOc3c(OC)cc4c(c3F)CN(C(=O)CCC(=O)O[C@@H](C)CNC(=O)COCCOCCOCCOCCNC(=O)OC(C)(C)C)C4)c(OC)cc2s1. The molecular formula is C49H67F2N3O17S. The topological polar surface area (TPSA) is 231 Å². The minimum Gasteiger partial charge on any atom is -0.493 e. The van der Waals surface area contributed by atoms with Crippen LogP contribution in [0.1, 0.15) is 87.5 Å². The maximum atomic E-state index is 15.9. The van der Waals surface area contributed by atoms with E-state index in [0.717, 1.165) is 11.3 Å². The van der Waals surface area contributed by atoms with E-state index in [0.29, 0.717) is 49.8 Å². The zero-order valence-electron chi connectivity index (χ0n) is 42.0. The summed E-state index contributed by atoms with van der Waals surface area (Å²) in [5.41, 5.74) is 0.186. The van der Waals surface area contributed by atoms with Crippen molar-refractivity contribution in [3.8, 4) is 23.0 Å². The van der Waals surface area contributed by atoms with Gasteiger partial charge in [0.05, 0.1) is 105 Å². The fraction of sp³-hybridized carbons (Fsp3) is 0.592. The second kappa shape index (κ2) is 30.2. The number of Topliss-reactive ketones (excluding diaryl/α,β-unsaturated/α-hetero) is 1. The van der Waals surface area contributed by atoms with E-state index in [1.807, 2.05) is 0 Å². The Balaban J connectivity index is 1.08. The maximum Gasteiger partial charge on any atom is 0.407 e. The molecule has 1 aromatic heterocycles. The third-order valence-electron chi connectivity index (χ3n) is 10.2. The number of thiophene rings is 1. The number of benzene rings is 2. The molecule has 1 atom stereocenters. The largest absolute Gasteiger partial charge is 0.493 e. The van der Waals surface area contributed by atoms with Gasteiger partial charge in [-0.05, 0) is 52.3 Å². The summed E-state index contributed by atoms with van der Waals surface area (Å²) in [7, 11) is 2.71. The number of nitrogens with zero attached hydrogens (tertiary/aromatic N) is 1. The van der Waals surface area contributed by atoms with E-state index in [9.17, 15) is 28.8 Å². The first-order chi connectivity index (χ1) is 34.4. The van der Waals surface area contributed by atoms with Gasteiger partial charge in [0.2, 0.25) is 11.8 Å². The fourth-order valence-electron chi connectivity index (χ4n) is 6.79. The van der Waals surface area contributed by atoms with Crippen LogP contribution < -0.4 is 29.6 Å². The molecule has 0 fully saturated rings. The highest BCUT2D eigenvalue weighted by molar-refractivity contribution is 7.20. The number of rotatable bonds is 33. The van der Waals surface area contributed by atoms with Crippen molar-refractivity contribution in [2.24, 2.45) is 0 Å². The molecule has 400 valence electrons. The van der Waals surface area contributed by atoms with Crippen LogP contribution in [0.3, 0.4) is 0 Å². The second-order valence-corrected chi connectivity index (χ2v) is 18.1. The van der Waals surface area contributed by atoms with Crippen LogP contribution in [0.25, 0.3) is 10.1 Å². The van der Waals surface area contributed by atoms with Crippen molar-refractivity contribution >= 4 is 57.1 Å². The molecule has 3 aromatic rings. The molecule has 1 aliphatic heterocycles. The molecule has 72 heavy (non-hydrogen) atoms. The van der Waals surface area contributed by atoms with Crippen LogP contribution in [0, 0.1) is 11.6 Å². The van der Waals surface area contributed by atoms with Crippen LogP contribution in [-0.2, 0) is 65.4 Å². The monoisotopic (exact) mass is 1040 g/mol. The molecule has 2 heterocycles. The average molecular weight is 1040 g/mol. The van der Waals surface area contributed by atoms with Gasteiger partial charge in [0.15, 0.2) is 40.4 Å². The van der Waals surface area contributed by atoms with Crippen molar-refractivity contribution in [3.63, 3.8) is 0 Å². The number of methoxy groups -OCH3 is 2. The van der Waals surface area contributed by atoms with Crippen LogP contribution in [-0.4, -0.2) is 152 Å². The Morgan fingerprint density at radius 2 is 1.35 bits per heavy atom. The van der Waals surface area contributed by atoms with Crippen molar-refractivity contribution in [2.75, 3.05) is 100.0 Å². The molecule has 0 saturated carbocycles. The van der Waals surface area contributed by atoms with E-state index >= 15 is 8.78 Å². The minimum absolute atomic E-state index is 0.0201. The Kier molecular flexibility index (Phi) is 24.6. The number of hydrogen-bond acceptors (Lipinski definition) is 18. The summed E-state index contributed by atoms with van der Waals surface area (Å²) < 4.78 is 91.3. The van der Waals surface area contributed by atoms with Gasteiger partial charge < -0.3 is 67.6 Å². The van der Waals surface area contributed by atoms with E-state index in [1.54, 1.807) is 46.8 Å². The van der Waals surface area contributed by atoms with Crippen LogP contribution in [0.2, 0.25) is 0 Å². The number of hydrogen-bond donors (Lipinski definition) is 2. The smallest absolute Gasteiger partial charge is 0.407 e. The first-order valence-electron chi connectivity index (χ1n) is 23.6. The first-order valence-corrected chi connectivity index (χ1v) is 24.4. The molecule has 0 unspecified atom stereocenters. The van der Waals surface area contributed by atoms with E-state index in [1.165, 1.54) is 25.2 Å². The van der Waals surface area contributed by atoms with Gasteiger partial charge in [-0.2, -0.15) is 0 Å². The lowest BCUT2D eigenvalue weighted by Gasteiger charge is -2.19. The molecule has 3 amide bonds. The Hall–Kier alpha value is -5.88. The Bertz CT molecular complexity index is 2290. The number of carbonyl (C=O) groups is 6. The predicted molar refractivity (Wildman–Crippen MR) is 257 cm³/mol. The second-order valence-electron chi connectivity index (χ2n) is 17.1. The van der Waals surface area contributed by atoms with E-state index in [4.69, 9.17) is 52.1 Å². The molecule has 1 aliphatic rings. The molecule has 0 radical (unpaired) electrons. The summed E-state index contributed by atoms with van der Waals surface area (Å²) in [5, 5.41) is 5.37. The quantitative estimate of drug-likeness (QED) is 0.0316. The Morgan fingerprint density at radius 3 is 1.99 bits per heavy atom. The molecule has 0 saturated heterocycles. The lowest BCUT2D eigenvalue weighted by Crippen LogP contribution is -2.35. The van der Waals surface area contributed by atoms with Crippen LogP contribution in [0.5, 0.6) is 23.0 Å². The van der Waals surface area contributed by atoms with Crippen molar-refractivity contribution < 1.29 is 89.7 Å². The third kappa shape index (κ3) is 19.6. The number of carbonyl (C=O) groups excluding carboxylic acids is 6. The highest BCUT2D eigenvalue weighted by Gasteiger charge is 2.31. The van der Waals surface area contributed by atoms with E-state index < -0.39 is 53.2 Å². The van der Waals surface area contributed by atoms with Gasteiger partial charge in [-0.3, -0.25) is 24.0 Å². The maximum absolute atomic E-state index is 15.9. The molecule has 2 N–H and O–H groups in total. The zero-order chi connectivity index (χ0) is 52.6. The van der Waals surface area contributed by atoms with Crippen molar-refractivity contribution in [3.05, 3.63) is 45.8 Å². The first kappa shape index (κ1) is 58.7. The van der Waals surface area contributed by atoms with Gasteiger partial charge in [-0.15, -0.1) is 11.3 Å². The Morgan fingerprint density at radius 1 is 0.736 bits per heavy atom. The lowest BCUT2D eigenvalue weighted by molar-refractivity contribution is -0.150. The van der Waals surface area contributed by atoms with E-state index in [-0.39, 0.29) is 136 Å². The van der Waals surface area contributed by atoms with Crippen LogP contribution >= 0.6 is 11.3 Å². The summed E-state index contributed by atoms with van der Waals surface area (Å²) >= 11 is 1.07. The summed E-state index contributed by atoms with van der Waals surface area (Å²) in [5.74, 6) is -3.84. The molecule has 23 heteroatoms. The fourth-order valence-corrected chi connectivity index (χ4v) is 7.84. The van der Waals surface area contributed by atoms with Gasteiger partial charge in [-0.25, -0.2) is 13.6 Å². The molecule has 20 nitrogen and oxygen atoms in total. The average Bonchev–Trinajstić information content (AvgIpc) is 3.98. The zero-order valence-corrected chi connectivity index (χ0v) is 42.8. The normalized spacial score (nSPS) is 12.5. The number of alkyl carbamates (subject to hydrolysis) is 1. The van der Waals surface area contributed by atoms with Gasteiger partial charge >= 0.3 is 18.0 Å². The predicted octanol–water partition coefficient (Wildman–Crippen LogP) is 5.83. The van der Waals surface area contributed by atoms with Gasteiger partial charge in [0, 0.05) is 60.6 Å². The number of esters is 2. The number of nitrogens with one attached hydrogen (secondary N) is 2. The van der Waals surface area contributed by atoms with Crippen molar-refractivity contribution in [2.45, 2.75) is 91.5 Å². The Labute approximate surface area is 421 Å². The lowest BCUT2D eigenvalue weighted by atomic mass is 10.1. The number of fused-ring (bicyclic) bond motifs is 2. The minimum atomic E-state index is -0.727. The summed E-state index contributed by atoms with van der Waals surface area (Å²) in [6.45, 7) is 10.9. The summed E-state index contributed by atoms with van der Waals surface area (Å²) in [6, 6.07) is 4.56. The van der Waals surface area contributed by atoms with Crippen molar-refractivity contribution in [1.29, 1.82) is 0 Å². The molecule has 0 bridgehead atoms. The number of ether oxygens (including phenoxy) is 11. The highest BCUT2D eigenvalue weighted by atomic mass is 32.1. The molecule has 4 rings (SSSR count). The van der Waals surface area contributed by atoms with Crippen LogP contribution in [0.15, 0.2) is 18.2 Å². The molecular weight excluding hydrogens is 973 g/mol. The van der Waals surface area contributed by atoms with E-state index in [2.05, 4.69) is 10.6 Å². The molecule has 2 aromatic carbocycles. The molecule has 0 spiro atoms. The van der Waals surface area contributed by atoms with Gasteiger partial charge in [0.1, 0.15) is 18.3 Å². The number of ketones is 1. The molecule has 0 aliphatic carbocycles. The number of amides is 3. The highest BCUT2D eigenvalue weighted by Crippen LogP contribution is 2.41.